The molecule has 5 heteroatoms. The van der Waals surface area contributed by atoms with Crippen LogP contribution in [0.15, 0.2) is 18.2 Å². The summed E-state index contributed by atoms with van der Waals surface area (Å²) in [6, 6.07) is 4.53. The molecule has 17 heavy (non-hydrogen) atoms. The number of rotatable bonds is 5. The first-order valence-electron chi connectivity index (χ1n) is 5.62. The number of aromatic hydroxyl groups is 1. The SMILES string of the molecule is O=C(CNCc1ccc(O)c(F)c1)NC1CC1. The van der Waals surface area contributed by atoms with E-state index < -0.39 is 5.82 Å². The lowest BCUT2D eigenvalue weighted by atomic mass is 10.2. The van der Waals surface area contributed by atoms with E-state index >= 15 is 0 Å². The van der Waals surface area contributed by atoms with Gasteiger partial charge in [0.15, 0.2) is 11.6 Å². The molecule has 1 saturated carbocycles. The highest BCUT2D eigenvalue weighted by Crippen LogP contribution is 2.18. The van der Waals surface area contributed by atoms with Gasteiger partial charge in [-0.3, -0.25) is 4.79 Å². The first-order chi connectivity index (χ1) is 8.15. The molecule has 0 spiro atoms. The molecule has 0 aromatic heterocycles. The van der Waals surface area contributed by atoms with E-state index in [0.29, 0.717) is 18.2 Å². The number of benzene rings is 1. The summed E-state index contributed by atoms with van der Waals surface area (Å²) in [5, 5.41) is 14.8. The fourth-order valence-corrected chi connectivity index (χ4v) is 1.49. The molecule has 0 heterocycles. The van der Waals surface area contributed by atoms with Gasteiger partial charge >= 0.3 is 0 Å². The molecule has 0 aliphatic heterocycles. The van der Waals surface area contributed by atoms with Crippen molar-refractivity contribution in [1.29, 1.82) is 0 Å². The molecule has 1 aliphatic rings. The summed E-state index contributed by atoms with van der Waals surface area (Å²) in [6.45, 7) is 0.619. The molecular formula is C12H15FN2O2. The number of phenols is 1. The van der Waals surface area contributed by atoms with E-state index in [-0.39, 0.29) is 18.2 Å². The van der Waals surface area contributed by atoms with Gasteiger partial charge in [-0.1, -0.05) is 6.07 Å². The molecule has 2 rings (SSSR count). The Labute approximate surface area is 98.8 Å². The Bertz CT molecular complexity index is 419. The van der Waals surface area contributed by atoms with Crippen molar-refractivity contribution in [2.45, 2.75) is 25.4 Å². The molecule has 4 nitrogen and oxygen atoms in total. The zero-order chi connectivity index (χ0) is 12.3. The van der Waals surface area contributed by atoms with Crippen LogP contribution in [0.5, 0.6) is 5.75 Å². The minimum Gasteiger partial charge on any atom is -0.505 e. The quantitative estimate of drug-likeness (QED) is 0.714. The Kier molecular flexibility index (Phi) is 3.58. The second-order valence-corrected chi connectivity index (χ2v) is 4.23. The maximum absolute atomic E-state index is 13.0. The third-order valence-corrected chi connectivity index (χ3v) is 2.57. The highest BCUT2D eigenvalue weighted by molar-refractivity contribution is 5.78. The summed E-state index contributed by atoms with van der Waals surface area (Å²) in [6.07, 6.45) is 2.13. The summed E-state index contributed by atoms with van der Waals surface area (Å²) in [7, 11) is 0. The van der Waals surface area contributed by atoms with Crippen molar-refractivity contribution in [3.8, 4) is 5.75 Å². The average Bonchev–Trinajstić information content (AvgIpc) is 3.07. The second kappa shape index (κ2) is 5.14. The van der Waals surface area contributed by atoms with Crippen molar-refractivity contribution >= 4 is 5.91 Å². The first-order valence-corrected chi connectivity index (χ1v) is 5.62. The fraction of sp³-hybridized carbons (Fsp3) is 0.417. The van der Waals surface area contributed by atoms with E-state index in [1.165, 1.54) is 12.1 Å². The largest absolute Gasteiger partial charge is 0.505 e. The molecule has 3 N–H and O–H groups in total. The standard InChI is InChI=1S/C12H15FN2O2/c13-10-5-8(1-4-11(10)16)6-14-7-12(17)15-9-2-3-9/h1,4-5,9,14,16H,2-3,6-7H2,(H,15,17). The zero-order valence-electron chi connectivity index (χ0n) is 9.37. The Morgan fingerprint density at radius 1 is 1.47 bits per heavy atom. The van der Waals surface area contributed by atoms with Crippen LogP contribution in [-0.4, -0.2) is 23.6 Å². The molecule has 0 saturated heterocycles. The van der Waals surface area contributed by atoms with Crippen LogP contribution >= 0.6 is 0 Å². The molecule has 92 valence electrons. The Balaban J connectivity index is 1.73. The number of carbonyl (C=O) groups is 1. The van der Waals surface area contributed by atoms with Crippen LogP contribution in [0.4, 0.5) is 4.39 Å². The van der Waals surface area contributed by atoms with Gasteiger partial charge in [0.2, 0.25) is 5.91 Å². The summed E-state index contributed by atoms with van der Waals surface area (Å²) in [5.74, 6) is -1.04. The molecule has 1 aromatic carbocycles. The van der Waals surface area contributed by atoms with Crippen molar-refractivity contribution < 1.29 is 14.3 Å². The summed E-state index contributed by atoms with van der Waals surface area (Å²) in [4.78, 5) is 11.3. The minimum absolute atomic E-state index is 0.0354. The summed E-state index contributed by atoms with van der Waals surface area (Å²) in [5.41, 5.74) is 0.694. The highest BCUT2D eigenvalue weighted by atomic mass is 19.1. The van der Waals surface area contributed by atoms with Gasteiger partial charge in [-0.05, 0) is 30.5 Å². The predicted molar refractivity (Wildman–Crippen MR) is 60.9 cm³/mol. The highest BCUT2D eigenvalue weighted by Gasteiger charge is 2.22. The molecule has 1 aliphatic carbocycles. The van der Waals surface area contributed by atoms with Crippen LogP contribution in [0.1, 0.15) is 18.4 Å². The number of halogens is 1. The molecule has 0 atom stereocenters. The summed E-state index contributed by atoms with van der Waals surface area (Å²) < 4.78 is 13.0. The van der Waals surface area contributed by atoms with Gasteiger partial charge in [-0.25, -0.2) is 4.39 Å². The number of amides is 1. The number of carbonyl (C=O) groups excluding carboxylic acids is 1. The van der Waals surface area contributed by atoms with Crippen LogP contribution in [0.2, 0.25) is 0 Å². The van der Waals surface area contributed by atoms with Crippen LogP contribution in [0.3, 0.4) is 0 Å². The fourth-order valence-electron chi connectivity index (χ4n) is 1.49. The number of phenolic OH excluding ortho intramolecular Hbond substituents is 1. The number of hydrogen-bond acceptors (Lipinski definition) is 3. The first kappa shape index (κ1) is 11.9. The zero-order valence-corrected chi connectivity index (χ0v) is 9.37. The monoisotopic (exact) mass is 238 g/mol. The minimum atomic E-state index is -0.647. The molecule has 1 aromatic rings. The van der Waals surface area contributed by atoms with E-state index in [9.17, 15) is 9.18 Å². The van der Waals surface area contributed by atoms with Crippen LogP contribution in [0.25, 0.3) is 0 Å². The lowest BCUT2D eigenvalue weighted by Crippen LogP contribution is -2.34. The average molecular weight is 238 g/mol. The van der Waals surface area contributed by atoms with E-state index in [1.54, 1.807) is 6.07 Å². The van der Waals surface area contributed by atoms with Gasteiger partial charge in [0.1, 0.15) is 0 Å². The predicted octanol–water partition coefficient (Wildman–Crippen LogP) is 0.900. The van der Waals surface area contributed by atoms with Gasteiger partial charge in [-0.2, -0.15) is 0 Å². The Hall–Kier alpha value is -1.62. The third kappa shape index (κ3) is 3.71. The Morgan fingerprint density at radius 2 is 2.24 bits per heavy atom. The second-order valence-electron chi connectivity index (χ2n) is 4.23. The molecular weight excluding hydrogens is 223 g/mol. The molecule has 0 bridgehead atoms. The summed E-state index contributed by atoms with van der Waals surface area (Å²) >= 11 is 0. The number of nitrogens with one attached hydrogen (secondary N) is 2. The van der Waals surface area contributed by atoms with E-state index in [0.717, 1.165) is 12.8 Å². The van der Waals surface area contributed by atoms with Crippen molar-refractivity contribution in [3.05, 3.63) is 29.6 Å². The molecule has 0 radical (unpaired) electrons. The molecule has 1 amide bonds. The van der Waals surface area contributed by atoms with E-state index in [1.807, 2.05) is 0 Å². The Morgan fingerprint density at radius 3 is 2.88 bits per heavy atom. The van der Waals surface area contributed by atoms with Gasteiger partial charge < -0.3 is 15.7 Å². The van der Waals surface area contributed by atoms with Crippen molar-refractivity contribution in [2.75, 3.05) is 6.54 Å². The van der Waals surface area contributed by atoms with Crippen molar-refractivity contribution in [3.63, 3.8) is 0 Å². The van der Waals surface area contributed by atoms with E-state index in [2.05, 4.69) is 10.6 Å². The van der Waals surface area contributed by atoms with Crippen LogP contribution in [0, 0.1) is 5.82 Å². The number of hydrogen-bond donors (Lipinski definition) is 3. The van der Waals surface area contributed by atoms with Gasteiger partial charge in [0.05, 0.1) is 6.54 Å². The lowest BCUT2D eigenvalue weighted by molar-refractivity contribution is -0.120. The molecule has 1 fully saturated rings. The topological polar surface area (TPSA) is 61.4 Å². The molecule has 0 unspecified atom stereocenters. The normalized spacial score (nSPS) is 14.6. The van der Waals surface area contributed by atoms with E-state index in [4.69, 9.17) is 5.11 Å². The maximum atomic E-state index is 13.0. The smallest absolute Gasteiger partial charge is 0.234 e. The van der Waals surface area contributed by atoms with Crippen molar-refractivity contribution in [1.82, 2.24) is 10.6 Å². The van der Waals surface area contributed by atoms with Crippen molar-refractivity contribution in [2.24, 2.45) is 0 Å². The van der Waals surface area contributed by atoms with Gasteiger partial charge in [-0.15, -0.1) is 0 Å². The van der Waals surface area contributed by atoms with Crippen LogP contribution in [-0.2, 0) is 11.3 Å². The van der Waals surface area contributed by atoms with Crippen LogP contribution < -0.4 is 10.6 Å². The maximum Gasteiger partial charge on any atom is 0.234 e. The third-order valence-electron chi connectivity index (χ3n) is 2.57. The van der Waals surface area contributed by atoms with Gasteiger partial charge in [0, 0.05) is 12.6 Å². The lowest BCUT2D eigenvalue weighted by Gasteiger charge is -2.06. The van der Waals surface area contributed by atoms with Gasteiger partial charge in [0.25, 0.3) is 0 Å².